The molecule has 0 fully saturated rings. The van der Waals surface area contributed by atoms with E-state index in [2.05, 4.69) is 6.07 Å². The van der Waals surface area contributed by atoms with Gasteiger partial charge >= 0.3 is 0 Å². The van der Waals surface area contributed by atoms with Crippen molar-refractivity contribution in [3.8, 4) is 23.3 Å². The monoisotopic (exact) mass is 253 g/mol. The number of ether oxygens (including phenoxy) is 2. The molecule has 2 aromatic rings. The maximum Gasteiger partial charge on any atom is 0.131 e. The molecule has 0 N–H and O–H groups in total. The molecular formula is C16H15NO2. The SMILES string of the molecule is CCOc1cccc(Oc2ccc(C#N)c(C)c2)c1. The highest BCUT2D eigenvalue weighted by molar-refractivity contribution is 5.44. The Balaban J connectivity index is 2.19. The lowest BCUT2D eigenvalue weighted by molar-refractivity contribution is 0.338. The lowest BCUT2D eigenvalue weighted by Crippen LogP contribution is -1.92. The minimum atomic E-state index is 0.624. The molecule has 0 unspecified atom stereocenters. The van der Waals surface area contributed by atoms with Crippen LogP contribution in [0.1, 0.15) is 18.1 Å². The first-order valence-corrected chi connectivity index (χ1v) is 6.14. The van der Waals surface area contributed by atoms with Crippen molar-refractivity contribution in [2.24, 2.45) is 0 Å². The topological polar surface area (TPSA) is 42.2 Å². The largest absolute Gasteiger partial charge is 0.494 e. The molecule has 19 heavy (non-hydrogen) atoms. The highest BCUT2D eigenvalue weighted by Gasteiger charge is 2.02. The second-order valence-corrected chi connectivity index (χ2v) is 4.10. The van der Waals surface area contributed by atoms with Crippen LogP contribution in [0.25, 0.3) is 0 Å². The smallest absolute Gasteiger partial charge is 0.131 e. The zero-order chi connectivity index (χ0) is 13.7. The van der Waals surface area contributed by atoms with E-state index in [4.69, 9.17) is 14.7 Å². The van der Waals surface area contributed by atoms with Gasteiger partial charge in [-0.15, -0.1) is 0 Å². The predicted octanol–water partition coefficient (Wildman–Crippen LogP) is 4.06. The molecule has 0 radical (unpaired) electrons. The van der Waals surface area contributed by atoms with Gasteiger partial charge in [0, 0.05) is 6.07 Å². The van der Waals surface area contributed by atoms with E-state index in [-0.39, 0.29) is 0 Å². The summed E-state index contributed by atoms with van der Waals surface area (Å²) in [6, 6.07) is 15.0. The molecule has 0 aliphatic heterocycles. The van der Waals surface area contributed by atoms with Crippen molar-refractivity contribution < 1.29 is 9.47 Å². The number of benzene rings is 2. The summed E-state index contributed by atoms with van der Waals surface area (Å²) < 4.78 is 11.2. The van der Waals surface area contributed by atoms with E-state index in [0.29, 0.717) is 17.9 Å². The second kappa shape index (κ2) is 5.92. The Kier molecular flexibility index (Phi) is 4.04. The number of nitriles is 1. The number of nitrogens with zero attached hydrogens (tertiary/aromatic N) is 1. The van der Waals surface area contributed by atoms with Gasteiger partial charge in [-0.2, -0.15) is 5.26 Å². The first-order chi connectivity index (χ1) is 9.22. The van der Waals surface area contributed by atoms with Crippen molar-refractivity contribution in [1.82, 2.24) is 0 Å². The normalized spacial score (nSPS) is 9.74. The Morgan fingerprint density at radius 2 is 1.79 bits per heavy atom. The highest BCUT2D eigenvalue weighted by atomic mass is 16.5. The maximum atomic E-state index is 8.89. The summed E-state index contributed by atoms with van der Waals surface area (Å²) in [5.74, 6) is 2.21. The van der Waals surface area contributed by atoms with Gasteiger partial charge in [-0.05, 0) is 49.7 Å². The molecule has 0 spiro atoms. The van der Waals surface area contributed by atoms with Gasteiger partial charge in [0.1, 0.15) is 17.2 Å². The van der Waals surface area contributed by atoms with E-state index in [1.807, 2.05) is 44.2 Å². The van der Waals surface area contributed by atoms with Crippen LogP contribution >= 0.6 is 0 Å². The molecule has 96 valence electrons. The van der Waals surface area contributed by atoms with Gasteiger partial charge in [-0.1, -0.05) is 6.07 Å². The van der Waals surface area contributed by atoms with Crippen LogP contribution in [0.15, 0.2) is 42.5 Å². The molecule has 0 aromatic heterocycles. The maximum absolute atomic E-state index is 8.89. The van der Waals surface area contributed by atoms with Crippen LogP contribution in [0.3, 0.4) is 0 Å². The lowest BCUT2D eigenvalue weighted by atomic mass is 10.1. The Bertz CT molecular complexity index is 614. The van der Waals surface area contributed by atoms with Crippen molar-refractivity contribution in [2.75, 3.05) is 6.61 Å². The second-order valence-electron chi connectivity index (χ2n) is 4.10. The van der Waals surface area contributed by atoms with Crippen LogP contribution in [0.4, 0.5) is 0 Å². The standard InChI is InChI=1S/C16H15NO2/c1-3-18-14-5-4-6-15(10-14)19-16-8-7-13(11-17)12(2)9-16/h4-10H,3H2,1-2H3. The third-order valence-electron chi connectivity index (χ3n) is 2.67. The van der Waals surface area contributed by atoms with Gasteiger partial charge in [0.25, 0.3) is 0 Å². The first-order valence-electron chi connectivity index (χ1n) is 6.14. The van der Waals surface area contributed by atoms with E-state index < -0.39 is 0 Å². The van der Waals surface area contributed by atoms with Gasteiger partial charge in [-0.3, -0.25) is 0 Å². The number of hydrogen-bond donors (Lipinski definition) is 0. The molecule has 0 saturated heterocycles. The molecule has 2 rings (SSSR count). The van der Waals surface area contributed by atoms with Gasteiger partial charge in [0.2, 0.25) is 0 Å². The Labute approximate surface area is 113 Å². The van der Waals surface area contributed by atoms with E-state index in [1.54, 1.807) is 12.1 Å². The quantitative estimate of drug-likeness (QED) is 0.825. The van der Waals surface area contributed by atoms with E-state index in [0.717, 1.165) is 17.1 Å². The summed E-state index contributed by atoms with van der Waals surface area (Å²) in [5.41, 5.74) is 1.57. The molecule has 0 aliphatic rings. The predicted molar refractivity (Wildman–Crippen MR) is 73.6 cm³/mol. The zero-order valence-corrected chi connectivity index (χ0v) is 11.0. The fraction of sp³-hybridized carbons (Fsp3) is 0.188. The van der Waals surface area contributed by atoms with Crippen LogP contribution in [0, 0.1) is 18.3 Å². The molecule has 0 amide bonds. The summed E-state index contributed by atoms with van der Waals surface area (Å²) in [5, 5.41) is 8.89. The van der Waals surface area contributed by atoms with Crippen molar-refractivity contribution in [1.29, 1.82) is 5.26 Å². The average Bonchev–Trinajstić information content (AvgIpc) is 2.40. The van der Waals surface area contributed by atoms with Gasteiger partial charge in [0.15, 0.2) is 0 Å². The zero-order valence-electron chi connectivity index (χ0n) is 11.0. The van der Waals surface area contributed by atoms with Crippen LogP contribution in [-0.4, -0.2) is 6.61 Å². The number of aryl methyl sites for hydroxylation is 1. The van der Waals surface area contributed by atoms with Crippen LogP contribution in [0.5, 0.6) is 17.2 Å². The highest BCUT2D eigenvalue weighted by Crippen LogP contribution is 2.26. The van der Waals surface area contributed by atoms with Crippen molar-refractivity contribution >= 4 is 0 Å². The number of hydrogen-bond acceptors (Lipinski definition) is 3. The molecule has 2 aromatic carbocycles. The van der Waals surface area contributed by atoms with Gasteiger partial charge in [-0.25, -0.2) is 0 Å². The molecule has 0 heterocycles. The van der Waals surface area contributed by atoms with Crippen molar-refractivity contribution in [3.05, 3.63) is 53.6 Å². The first kappa shape index (κ1) is 13.0. The number of rotatable bonds is 4. The summed E-state index contributed by atoms with van der Waals surface area (Å²) in [6.45, 7) is 4.46. The Morgan fingerprint density at radius 1 is 1.05 bits per heavy atom. The van der Waals surface area contributed by atoms with Gasteiger partial charge in [0.05, 0.1) is 18.2 Å². The van der Waals surface area contributed by atoms with Gasteiger partial charge < -0.3 is 9.47 Å². The average molecular weight is 253 g/mol. The van der Waals surface area contributed by atoms with E-state index >= 15 is 0 Å². The van der Waals surface area contributed by atoms with Crippen LogP contribution < -0.4 is 9.47 Å². The minimum absolute atomic E-state index is 0.624. The minimum Gasteiger partial charge on any atom is -0.494 e. The molecule has 3 nitrogen and oxygen atoms in total. The van der Waals surface area contributed by atoms with E-state index in [9.17, 15) is 0 Å². The molecule has 0 atom stereocenters. The third kappa shape index (κ3) is 3.26. The fourth-order valence-electron chi connectivity index (χ4n) is 1.76. The van der Waals surface area contributed by atoms with Crippen molar-refractivity contribution in [2.45, 2.75) is 13.8 Å². The van der Waals surface area contributed by atoms with Crippen molar-refractivity contribution in [3.63, 3.8) is 0 Å². The van der Waals surface area contributed by atoms with E-state index in [1.165, 1.54) is 0 Å². The summed E-state index contributed by atoms with van der Waals surface area (Å²) in [6.07, 6.45) is 0. The van der Waals surface area contributed by atoms with Crippen LogP contribution in [-0.2, 0) is 0 Å². The molecule has 0 bridgehead atoms. The molecular weight excluding hydrogens is 238 g/mol. The lowest BCUT2D eigenvalue weighted by Gasteiger charge is -2.09. The summed E-state index contributed by atoms with van der Waals surface area (Å²) >= 11 is 0. The summed E-state index contributed by atoms with van der Waals surface area (Å²) in [4.78, 5) is 0. The summed E-state index contributed by atoms with van der Waals surface area (Å²) in [7, 11) is 0. The molecule has 0 aliphatic carbocycles. The molecule has 0 saturated carbocycles. The molecule has 3 heteroatoms. The Hall–Kier alpha value is -2.47. The fourth-order valence-corrected chi connectivity index (χ4v) is 1.76. The third-order valence-corrected chi connectivity index (χ3v) is 2.67. The van der Waals surface area contributed by atoms with Crippen LogP contribution in [0.2, 0.25) is 0 Å². The Morgan fingerprint density at radius 3 is 2.47 bits per heavy atom.